The number of hydrogen-bond donors (Lipinski definition) is 2. The SMILES string of the molecule is NCC1CCC(C(=O)Nc2ccc(C(F)(F)F)cc2Cl)O1. The molecule has 1 amide bonds. The van der Waals surface area contributed by atoms with Crippen molar-refractivity contribution in [3.8, 4) is 0 Å². The summed E-state index contributed by atoms with van der Waals surface area (Å²) in [6.45, 7) is 0.324. The van der Waals surface area contributed by atoms with Gasteiger partial charge in [-0.3, -0.25) is 4.79 Å². The van der Waals surface area contributed by atoms with E-state index in [0.29, 0.717) is 19.4 Å². The number of carbonyl (C=O) groups excluding carboxylic acids is 1. The van der Waals surface area contributed by atoms with E-state index in [2.05, 4.69) is 5.32 Å². The number of alkyl halides is 3. The third kappa shape index (κ3) is 3.87. The zero-order chi connectivity index (χ0) is 15.6. The molecule has 2 rings (SSSR count). The molecule has 21 heavy (non-hydrogen) atoms. The maximum Gasteiger partial charge on any atom is 0.416 e. The summed E-state index contributed by atoms with van der Waals surface area (Å²) in [5.41, 5.74) is 4.70. The quantitative estimate of drug-likeness (QED) is 0.899. The molecule has 1 aliphatic heterocycles. The van der Waals surface area contributed by atoms with Gasteiger partial charge in [-0.25, -0.2) is 0 Å². The Balaban J connectivity index is 2.05. The molecule has 1 aromatic carbocycles. The van der Waals surface area contributed by atoms with E-state index in [-0.39, 0.29) is 16.8 Å². The van der Waals surface area contributed by atoms with Crippen LogP contribution in [0.5, 0.6) is 0 Å². The monoisotopic (exact) mass is 322 g/mol. The van der Waals surface area contributed by atoms with Crippen molar-refractivity contribution in [2.45, 2.75) is 31.2 Å². The Bertz CT molecular complexity index is 537. The highest BCUT2D eigenvalue weighted by atomic mass is 35.5. The summed E-state index contributed by atoms with van der Waals surface area (Å²) in [5, 5.41) is 2.30. The molecule has 0 aromatic heterocycles. The average molecular weight is 323 g/mol. The first-order valence-corrected chi connectivity index (χ1v) is 6.72. The van der Waals surface area contributed by atoms with E-state index < -0.39 is 23.8 Å². The van der Waals surface area contributed by atoms with Gasteiger partial charge in [-0.2, -0.15) is 13.2 Å². The standard InChI is InChI=1S/C13H14ClF3N2O2/c14-9-5-7(13(15,16)17)1-3-10(9)19-12(20)11-4-2-8(6-18)21-11/h1,3,5,8,11H,2,4,6,18H2,(H,19,20). The summed E-state index contributed by atoms with van der Waals surface area (Å²) in [5.74, 6) is -0.437. The molecule has 0 spiro atoms. The lowest BCUT2D eigenvalue weighted by atomic mass is 10.1. The number of amides is 1. The number of carbonyl (C=O) groups is 1. The number of nitrogens with two attached hydrogens (primary N) is 1. The minimum atomic E-state index is -4.48. The number of halogens is 4. The lowest BCUT2D eigenvalue weighted by Gasteiger charge is -2.14. The minimum absolute atomic E-state index is 0.120. The number of hydrogen-bond acceptors (Lipinski definition) is 3. The van der Waals surface area contributed by atoms with Crippen LogP contribution in [-0.4, -0.2) is 24.7 Å². The zero-order valence-electron chi connectivity index (χ0n) is 10.9. The fourth-order valence-corrected chi connectivity index (χ4v) is 2.31. The average Bonchev–Trinajstić information content (AvgIpc) is 2.88. The number of nitrogens with one attached hydrogen (secondary N) is 1. The van der Waals surface area contributed by atoms with Crippen molar-refractivity contribution in [3.05, 3.63) is 28.8 Å². The summed E-state index contributed by atoms with van der Waals surface area (Å²) >= 11 is 5.77. The van der Waals surface area contributed by atoms with Crippen molar-refractivity contribution in [2.24, 2.45) is 5.73 Å². The highest BCUT2D eigenvalue weighted by molar-refractivity contribution is 6.33. The van der Waals surface area contributed by atoms with Gasteiger partial charge in [0.05, 0.1) is 22.4 Å². The van der Waals surface area contributed by atoms with E-state index >= 15 is 0 Å². The van der Waals surface area contributed by atoms with Gasteiger partial charge < -0.3 is 15.8 Å². The van der Waals surface area contributed by atoms with Gasteiger partial charge in [0.15, 0.2) is 0 Å². The molecule has 1 heterocycles. The number of benzene rings is 1. The van der Waals surface area contributed by atoms with Gasteiger partial charge in [-0.1, -0.05) is 11.6 Å². The largest absolute Gasteiger partial charge is 0.416 e. The molecule has 3 N–H and O–H groups in total. The molecule has 0 aliphatic carbocycles. The van der Waals surface area contributed by atoms with Gasteiger partial charge in [-0.05, 0) is 31.0 Å². The maximum atomic E-state index is 12.5. The predicted octanol–water partition coefficient (Wildman–Crippen LogP) is 2.80. The van der Waals surface area contributed by atoms with E-state index in [0.717, 1.165) is 18.2 Å². The van der Waals surface area contributed by atoms with Gasteiger partial charge in [0, 0.05) is 6.54 Å². The molecular formula is C13H14ClF3N2O2. The topological polar surface area (TPSA) is 64.4 Å². The predicted molar refractivity (Wildman–Crippen MR) is 72.0 cm³/mol. The first-order chi connectivity index (χ1) is 9.81. The summed E-state index contributed by atoms with van der Waals surface area (Å²) in [6, 6.07) is 2.76. The van der Waals surface area contributed by atoms with Crippen LogP contribution >= 0.6 is 11.6 Å². The lowest BCUT2D eigenvalue weighted by Crippen LogP contribution is -2.29. The second kappa shape index (κ2) is 6.21. The van der Waals surface area contributed by atoms with Gasteiger partial charge in [0.25, 0.3) is 5.91 Å². The number of rotatable bonds is 3. The van der Waals surface area contributed by atoms with E-state index in [1.807, 2.05) is 0 Å². The third-order valence-corrected chi connectivity index (χ3v) is 3.53. The van der Waals surface area contributed by atoms with Gasteiger partial charge >= 0.3 is 6.18 Å². The van der Waals surface area contributed by atoms with E-state index in [9.17, 15) is 18.0 Å². The zero-order valence-corrected chi connectivity index (χ0v) is 11.7. The Hall–Kier alpha value is -1.31. The van der Waals surface area contributed by atoms with Crippen molar-refractivity contribution in [3.63, 3.8) is 0 Å². The van der Waals surface area contributed by atoms with Crippen molar-refractivity contribution in [1.29, 1.82) is 0 Å². The molecule has 0 bridgehead atoms. The number of anilines is 1. The molecule has 1 saturated heterocycles. The Morgan fingerprint density at radius 3 is 2.67 bits per heavy atom. The van der Waals surface area contributed by atoms with Crippen LogP contribution in [-0.2, 0) is 15.7 Å². The second-order valence-electron chi connectivity index (χ2n) is 4.74. The smallest absolute Gasteiger partial charge is 0.364 e. The van der Waals surface area contributed by atoms with E-state index in [4.69, 9.17) is 22.1 Å². The Morgan fingerprint density at radius 1 is 1.43 bits per heavy atom. The fourth-order valence-electron chi connectivity index (χ4n) is 2.08. The lowest BCUT2D eigenvalue weighted by molar-refractivity contribution is -0.137. The molecular weight excluding hydrogens is 309 g/mol. The van der Waals surface area contributed by atoms with Gasteiger partial charge in [0.1, 0.15) is 6.10 Å². The number of ether oxygens (including phenoxy) is 1. The van der Waals surface area contributed by atoms with Crippen molar-refractivity contribution < 1.29 is 22.7 Å². The normalized spacial score (nSPS) is 22.3. The van der Waals surface area contributed by atoms with Crippen LogP contribution in [0.25, 0.3) is 0 Å². The Kier molecular flexibility index (Phi) is 4.75. The van der Waals surface area contributed by atoms with Crippen LogP contribution in [0.1, 0.15) is 18.4 Å². The molecule has 116 valence electrons. The summed E-state index contributed by atoms with van der Waals surface area (Å²) in [7, 11) is 0. The highest BCUT2D eigenvalue weighted by Gasteiger charge is 2.32. The summed E-state index contributed by atoms with van der Waals surface area (Å²) in [6.07, 6.45) is -4.10. The summed E-state index contributed by atoms with van der Waals surface area (Å²) < 4.78 is 42.9. The Labute approximate surface area is 124 Å². The fraction of sp³-hybridized carbons (Fsp3) is 0.462. The molecule has 1 aromatic rings. The van der Waals surface area contributed by atoms with Crippen LogP contribution in [0.2, 0.25) is 5.02 Å². The molecule has 1 aliphatic rings. The van der Waals surface area contributed by atoms with Crippen LogP contribution in [0.4, 0.5) is 18.9 Å². The molecule has 0 saturated carbocycles. The van der Waals surface area contributed by atoms with Crippen LogP contribution < -0.4 is 11.1 Å². The highest BCUT2D eigenvalue weighted by Crippen LogP contribution is 2.34. The molecule has 2 unspecified atom stereocenters. The minimum Gasteiger partial charge on any atom is -0.364 e. The molecule has 1 fully saturated rings. The first kappa shape index (κ1) is 16.1. The third-order valence-electron chi connectivity index (χ3n) is 3.22. The molecule has 4 nitrogen and oxygen atoms in total. The van der Waals surface area contributed by atoms with Crippen LogP contribution in [0, 0.1) is 0 Å². The maximum absolute atomic E-state index is 12.5. The van der Waals surface area contributed by atoms with Gasteiger partial charge in [0.2, 0.25) is 0 Å². The molecule has 2 atom stereocenters. The summed E-state index contributed by atoms with van der Waals surface area (Å²) in [4.78, 5) is 12.0. The van der Waals surface area contributed by atoms with Gasteiger partial charge in [-0.15, -0.1) is 0 Å². The first-order valence-electron chi connectivity index (χ1n) is 6.34. The van der Waals surface area contributed by atoms with E-state index in [1.54, 1.807) is 0 Å². The Morgan fingerprint density at radius 2 is 2.14 bits per heavy atom. The van der Waals surface area contributed by atoms with Crippen LogP contribution in [0.15, 0.2) is 18.2 Å². The van der Waals surface area contributed by atoms with Crippen molar-refractivity contribution in [2.75, 3.05) is 11.9 Å². The second-order valence-corrected chi connectivity index (χ2v) is 5.15. The molecule has 0 radical (unpaired) electrons. The molecule has 8 heteroatoms. The van der Waals surface area contributed by atoms with Crippen LogP contribution in [0.3, 0.4) is 0 Å². The van der Waals surface area contributed by atoms with Crippen molar-refractivity contribution >= 4 is 23.2 Å². The van der Waals surface area contributed by atoms with Crippen molar-refractivity contribution in [1.82, 2.24) is 0 Å². The van der Waals surface area contributed by atoms with E-state index in [1.165, 1.54) is 0 Å².